The number of nitrogens with one attached hydrogen (secondary N) is 1. The van der Waals surface area contributed by atoms with Crippen molar-refractivity contribution < 1.29 is 4.79 Å². The van der Waals surface area contributed by atoms with Gasteiger partial charge in [-0.3, -0.25) is 4.79 Å². The van der Waals surface area contributed by atoms with Gasteiger partial charge in [0.15, 0.2) is 0 Å². The number of benzene rings is 1. The van der Waals surface area contributed by atoms with Crippen LogP contribution in [-0.4, -0.2) is 29.0 Å². The summed E-state index contributed by atoms with van der Waals surface area (Å²) in [6.07, 6.45) is 0. The van der Waals surface area contributed by atoms with Crippen LogP contribution in [0, 0.1) is 13.8 Å². The lowest BCUT2D eigenvalue weighted by atomic mass is 9.97. The third-order valence-electron chi connectivity index (χ3n) is 4.05. The molecule has 0 aliphatic carbocycles. The maximum absolute atomic E-state index is 12.5. The van der Waals surface area contributed by atoms with Crippen molar-refractivity contribution in [2.45, 2.75) is 20.4 Å². The number of aliphatic imine (C=N–C) groups is 2. The van der Waals surface area contributed by atoms with E-state index in [9.17, 15) is 4.79 Å². The lowest BCUT2D eigenvalue weighted by Crippen LogP contribution is -2.35. The number of hydrogen-bond donors (Lipinski definition) is 1. The van der Waals surface area contributed by atoms with Crippen molar-refractivity contribution in [2.75, 3.05) is 6.54 Å². The molecule has 1 aliphatic rings. The van der Waals surface area contributed by atoms with Crippen LogP contribution in [0.3, 0.4) is 0 Å². The van der Waals surface area contributed by atoms with E-state index in [1.165, 1.54) is 0 Å². The van der Waals surface area contributed by atoms with Crippen LogP contribution in [-0.2, 0) is 6.54 Å². The number of amidine groups is 1. The molecule has 0 saturated carbocycles. The van der Waals surface area contributed by atoms with E-state index in [1.54, 1.807) is 0 Å². The second kappa shape index (κ2) is 6.01. The smallest absolute Gasteiger partial charge is 0.268 e. The van der Waals surface area contributed by atoms with E-state index in [-0.39, 0.29) is 11.2 Å². The van der Waals surface area contributed by atoms with E-state index in [0.717, 1.165) is 22.3 Å². The molecule has 2 aromatic rings. The Kier molecular flexibility index (Phi) is 4.05. The fraction of sp³-hybridized carbons (Fsp3) is 0.235. The van der Waals surface area contributed by atoms with Gasteiger partial charge in [-0.15, -0.1) is 0 Å². The summed E-state index contributed by atoms with van der Waals surface area (Å²) in [7, 11) is 0. The molecule has 6 heteroatoms. The summed E-state index contributed by atoms with van der Waals surface area (Å²) in [5.74, 6) is 0.562. The molecule has 1 aromatic heterocycles. The number of halogens is 1. The molecule has 1 aliphatic heterocycles. The average molecular weight is 329 g/mol. The Bertz CT molecular complexity index is 835. The molecule has 1 amide bonds. The first-order chi connectivity index (χ1) is 11.0. The van der Waals surface area contributed by atoms with Crippen molar-refractivity contribution in [1.82, 2.24) is 9.88 Å². The highest BCUT2D eigenvalue weighted by atomic mass is 35.5. The molecule has 118 valence electrons. The van der Waals surface area contributed by atoms with Gasteiger partial charge in [-0.05, 0) is 43.3 Å². The number of rotatable bonds is 2. The molecular formula is C17H17ClN4O. The lowest BCUT2D eigenvalue weighted by molar-refractivity contribution is 0.0929. The van der Waals surface area contributed by atoms with Crippen LogP contribution < -0.4 is 5.32 Å². The predicted molar refractivity (Wildman–Crippen MR) is 94.2 cm³/mol. The fourth-order valence-corrected chi connectivity index (χ4v) is 3.08. The Morgan fingerprint density at radius 1 is 1.35 bits per heavy atom. The summed E-state index contributed by atoms with van der Waals surface area (Å²) in [6, 6.07) is 7.99. The molecule has 0 unspecified atom stereocenters. The van der Waals surface area contributed by atoms with Gasteiger partial charge in [0, 0.05) is 24.2 Å². The minimum atomic E-state index is -0.0956. The van der Waals surface area contributed by atoms with Gasteiger partial charge in [0.05, 0.1) is 0 Å². The second-order valence-corrected chi connectivity index (χ2v) is 5.77. The van der Waals surface area contributed by atoms with Crippen molar-refractivity contribution in [2.24, 2.45) is 9.98 Å². The van der Waals surface area contributed by atoms with Crippen LogP contribution in [0.4, 0.5) is 5.82 Å². The number of fused-ring (bicyclic) bond motifs is 1. The zero-order valence-electron chi connectivity index (χ0n) is 13.1. The van der Waals surface area contributed by atoms with Crippen molar-refractivity contribution in [3.8, 4) is 11.1 Å². The van der Waals surface area contributed by atoms with Crippen molar-refractivity contribution in [3.05, 3.63) is 41.1 Å². The standard InChI is InChI=1S/C17H17ClN4O/c1-10-6-4-5-7-12(10)13-11(2)15(21-17(18)19-3)22-9-8-20-16(23)14(13)22/h4-7H,3,8-9H2,1-2H3,(H,20,23). The van der Waals surface area contributed by atoms with Gasteiger partial charge in [-0.1, -0.05) is 24.3 Å². The minimum absolute atomic E-state index is 0.0655. The lowest BCUT2D eigenvalue weighted by Gasteiger charge is -2.18. The molecule has 1 N–H and O–H groups in total. The van der Waals surface area contributed by atoms with Gasteiger partial charge < -0.3 is 9.88 Å². The van der Waals surface area contributed by atoms with Crippen LogP contribution >= 0.6 is 11.6 Å². The Hall–Kier alpha value is -2.40. The van der Waals surface area contributed by atoms with Crippen LogP contribution in [0.15, 0.2) is 34.3 Å². The SMILES string of the molecule is C=NC(Cl)=Nc1c(C)c(-c2ccccc2C)c2n1CCNC2=O. The van der Waals surface area contributed by atoms with E-state index in [4.69, 9.17) is 11.6 Å². The van der Waals surface area contributed by atoms with E-state index in [2.05, 4.69) is 22.0 Å². The van der Waals surface area contributed by atoms with Crippen molar-refractivity contribution in [1.29, 1.82) is 0 Å². The van der Waals surface area contributed by atoms with Gasteiger partial charge in [-0.25, -0.2) is 9.98 Å². The predicted octanol–water partition coefficient (Wildman–Crippen LogP) is 3.44. The largest absolute Gasteiger partial charge is 0.349 e. The van der Waals surface area contributed by atoms with Crippen molar-refractivity contribution >= 4 is 35.3 Å². The molecule has 0 atom stereocenters. The van der Waals surface area contributed by atoms with E-state index in [1.807, 2.05) is 42.7 Å². The normalized spacial score (nSPS) is 14.4. The zero-order chi connectivity index (χ0) is 16.6. The molecule has 2 heterocycles. The summed E-state index contributed by atoms with van der Waals surface area (Å²) >= 11 is 5.94. The Balaban J connectivity index is 2.35. The van der Waals surface area contributed by atoms with Crippen LogP contribution in [0.2, 0.25) is 0 Å². The van der Waals surface area contributed by atoms with Crippen LogP contribution in [0.5, 0.6) is 0 Å². The molecule has 0 saturated heterocycles. The van der Waals surface area contributed by atoms with Crippen molar-refractivity contribution in [3.63, 3.8) is 0 Å². The van der Waals surface area contributed by atoms with Gasteiger partial charge in [0.1, 0.15) is 11.5 Å². The summed E-state index contributed by atoms with van der Waals surface area (Å²) in [5.41, 5.74) is 4.55. The number of nitrogens with zero attached hydrogens (tertiary/aromatic N) is 3. The third kappa shape index (κ3) is 2.57. The first kappa shape index (κ1) is 15.5. The molecule has 3 rings (SSSR count). The Morgan fingerprint density at radius 3 is 2.78 bits per heavy atom. The van der Waals surface area contributed by atoms with Gasteiger partial charge >= 0.3 is 0 Å². The molecule has 1 aromatic carbocycles. The number of aryl methyl sites for hydroxylation is 1. The zero-order valence-corrected chi connectivity index (χ0v) is 13.8. The number of amides is 1. The summed E-state index contributed by atoms with van der Waals surface area (Å²) in [4.78, 5) is 20.4. The summed E-state index contributed by atoms with van der Waals surface area (Å²) < 4.78 is 1.91. The minimum Gasteiger partial charge on any atom is -0.349 e. The Morgan fingerprint density at radius 2 is 2.09 bits per heavy atom. The third-order valence-corrected chi connectivity index (χ3v) is 4.26. The molecular weight excluding hydrogens is 312 g/mol. The average Bonchev–Trinajstić information content (AvgIpc) is 2.82. The number of hydrogen-bond acceptors (Lipinski definition) is 2. The van der Waals surface area contributed by atoms with E-state index < -0.39 is 0 Å². The maximum atomic E-state index is 12.5. The number of aromatic nitrogens is 1. The Labute approximate surface area is 139 Å². The van der Waals surface area contributed by atoms with Gasteiger partial charge in [0.2, 0.25) is 5.29 Å². The topological polar surface area (TPSA) is 58.8 Å². The van der Waals surface area contributed by atoms with Crippen LogP contribution in [0.1, 0.15) is 21.6 Å². The molecule has 0 radical (unpaired) electrons. The van der Waals surface area contributed by atoms with E-state index >= 15 is 0 Å². The molecule has 23 heavy (non-hydrogen) atoms. The van der Waals surface area contributed by atoms with E-state index in [0.29, 0.717) is 24.6 Å². The van der Waals surface area contributed by atoms with Gasteiger partial charge in [-0.2, -0.15) is 0 Å². The molecule has 0 bridgehead atoms. The molecule has 0 fully saturated rings. The highest BCUT2D eigenvalue weighted by Crippen LogP contribution is 2.39. The quantitative estimate of drug-likeness (QED) is 0.512. The van der Waals surface area contributed by atoms with Gasteiger partial charge in [0.25, 0.3) is 5.91 Å². The highest BCUT2D eigenvalue weighted by Gasteiger charge is 2.29. The summed E-state index contributed by atoms with van der Waals surface area (Å²) in [6.45, 7) is 8.58. The number of carbonyl (C=O) groups excluding carboxylic acids is 1. The first-order valence-corrected chi connectivity index (χ1v) is 7.70. The summed E-state index contributed by atoms with van der Waals surface area (Å²) in [5, 5.41) is 2.96. The maximum Gasteiger partial charge on any atom is 0.268 e. The number of carbonyl (C=O) groups is 1. The monoisotopic (exact) mass is 328 g/mol. The molecule has 0 spiro atoms. The fourth-order valence-electron chi connectivity index (χ4n) is 3.00. The molecule has 5 nitrogen and oxygen atoms in total. The highest BCUT2D eigenvalue weighted by molar-refractivity contribution is 6.65. The second-order valence-electron chi connectivity index (χ2n) is 5.43. The first-order valence-electron chi connectivity index (χ1n) is 7.32. The van der Waals surface area contributed by atoms with Crippen LogP contribution in [0.25, 0.3) is 11.1 Å².